The number of halogens is 1. The first kappa shape index (κ1) is 18.9. The Morgan fingerprint density at radius 2 is 1.97 bits per heavy atom. The van der Waals surface area contributed by atoms with Crippen LogP contribution in [0, 0.1) is 5.82 Å². The number of hydrogen-bond acceptors (Lipinski definition) is 5. The second-order valence-corrected chi connectivity index (χ2v) is 8.36. The van der Waals surface area contributed by atoms with Gasteiger partial charge < -0.3 is 9.32 Å². The third-order valence-electron chi connectivity index (χ3n) is 5.46. The first-order valence-electron chi connectivity index (χ1n) is 9.99. The Morgan fingerprint density at radius 1 is 1.13 bits per heavy atom. The van der Waals surface area contributed by atoms with Gasteiger partial charge in [0.2, 0.25) is 5.91 Å². The predicted molar refractivity (Wildman–Crippen MR) is 114 cm³/mol. The molecule has 5 nitrogen and oxygen atoms in total. The van der Waals surface area contributed by atoms with Crippen molar-refractivity contribution in [2.45, 2.75) is 25.2 Å². The summed E-state index contributed by atoms with van der Waals surface area (Å²) >= 11 is 1.43. The first-order chi connectivity index (χ1) is 14.7. The lowest BCUT2D eigenvalue weighted by atomic mass is 9.96. The highest BCUT2D eigenvalue weighted by molar-refractivity contribution is 7.13. The average molecular weight is 421 g/mol. The van der Waals surface area contributed by atoms with Crippen LogP contribution in [0.4, 0.5) is 4.39 Å². The van der Waals surface area contributed by atoms with E-state index in [0.29, 0.717) is 13.1 Å². The number of amides is 1. The largest absolute Gasteiger partial charge is 0.440 e. The number of piperidine rings is 1. The number of oxazole rings is 1. The first-order valence-corrected chi connectivity index (χ1v) is 10.9. The van der Waals surface area contributed by atoms with Crippen LogP contribution < -0.4 is 0 Å². The minimum Gasteiger partial charge on any atom is -0.440 e. The molecule has 0 bridgehead atoms. The fourth-order valence-electron chi connectivity index (χ4n) is 3.85. The van der Waals surface area contributed by atoms with Crippen LogP contribution >= 0.6 is 11.3 Å². The number of carbonyl (C=O) groups is 1. The number of benzene rings is 2. The number of thiazole rings is 1. The van der Waals surface area contributed by atoms with Crippen LogP contribution in [0.2, 0.25) is 0 Å². The maximum Gasteiger partial charge on any atom is 0.228 e. The molecule has 152 valence electrons. The summed E-state index contributed by atoms with van der Waals surface area (Å²) in [5.41, 5.74) is 3.15. The van der Waals surface area contributed by atoms with E-state index in [1.165, 1.54) is 23.5 Å². The molecule has 30 heavy (non-hydrogen) atoms. The van der Waals surface area contributed by atoms with Gasteiger partial charge in [0.1, 0.15) is 16.3 Å². The van der Waals surface area contributed by atoms with Crippen molar-refractivity contribution in [2.24, 2.45) is 0 Å². The van der Waals surface area contributed by atoms with Crippen LogP contribution in [-0.2, 0) is 11.2 Å². The van der Waals surface area contributed by atoms with Gasteiger partial charge in [-0.15, -0.1) is 11.3 Å². The Balaban J connectivity index is 1.20. The molecule has 7 heteroatoms. The van der Waals surface area contributed by atoms with Crippen LogP contribution in [0.25, 0.3) is 21.7 Å². The zero-order valence-electron chi connectivity index (χ0n) is 16.3. The molecule has 1 amide bonds. The minimum absolute atomic E-state index is 0.0714. The molecular weight excluding hydrogens is 401 g/mol. The van der Waals surface area contributed by atoms with E-state index in [9.17, 15) is 9.18 Å². The van der Waals surface area contributed by atoms with Gasteiger partial charge in [-0.05, 0) is 37.1 Å². The third kappa shape index (κ3) is 3.85. The molecule has 5 rings (SSSR count). The normalized spacial score (nSPS) is 15.0. The SMILES string of the molecule is O=C(Cc1csc(-c2cccc(F)c2)n1)N1CCC(c2nc3ccccc3o2)CC1. The van der Waals surface area contributed by atoms with Crippen molar-refractivity contribution in [1.82, 2.24) is 14.9 Å². The summed E-state index contributed by atoms with van der Waals surface area (Å²) in [4.78, 5) is 23.8. The van der Waals surface area contributed by atoms with Gasteiger partial charge in [-0.2, -0.15) is 0 Å². The van der Waals surface area contributed by atoms with Crippen molar-refractivity contribution >= 4 is 28.3 Å². The minimum atomic E-state index is -0.290. The number of likely N-dealkylation sites (tertiary alicyclic amines) is 1. The maximum absolute atomic E-state index is 13.4. The van der Waals surface area contributed by atoms with E-state index in [-0.39, 0.29) is 24.1 Å². The van der Waals surface area contributed by atoms with Gasteiger partial charge in [0, 0.05) is 30.0 Å². The Bertz CT molecular complexity index is 1160. The highest BCUT2D eigenvalue weighted by Gasteiger charge is 2.27. The van der Waals surface area contributed by atoms with Gasteiger partial charge in [-0.25, -0.2) is 14.4 Å². The number of fused-ring (bicyclic) bond motifs is 1. The quantitative estimate of drug-likeness (QED) is 0.463. The summed E-state index contributed by atoms with van der Waals surface area (Å²) in [7, 11) is 0. The second kappa shape index (κ2) is 7.99. The molecule has 1 aliphatic heterocycles. The van der Waals surface area contributed by atoms with E-state index in [2.05, 4.69) is 9.97 Å². The van der Waals surface area contributed by atoms with Crippen LogP contribution in [0.15, 0.2) is 58.3 Å². The van der Waals surface area contributed by atoms with Crippen LogP contribution in [0.1, 0.15) is 30.3 Å². The number of nitrogens with zero attached hydrogens (tertiary/aromatic N) is 3. The summed E-state index contributed by atoms with van der Waals surface area (Å²) in [6.07, 6.45) is 1.94. The number of carbonyl (C=O) groups excluding carboxylic acids is 1. The van der Waals surface area contributed by atoms with Crippen molar-refractivity contribution in [2.75, 3.05) is 13.1 Å². The van der Waals surface area contributed by atoms with Crippen molar-refractivity contribution in [1.29, 1.82) is 0 Å². The highest BCUT2D eigenvalue weighted by atomic mass is 32.1. The van der Waals surface area contributed by atoms with Crippen LogP contribution in [0.5, 0.6) is 0 Å². The number of para-hydroxylation sites is 2. The summed E-state index contributed by atoms with van der Waals surface area (Å²) < 4.78 is 19.3. The van der Waals surface area contributed by atoms with Gasteiger partial charge in [-0.1, -0.05) is 24.3 Å². The third-order valence-corrected chi connectivity index (χ3v) is 6.40. The predicted octanol–water partition coefficient (Wildman–Crippen LogP) is 5.04. The molecule has 1 saturated heterocycles. The second-order valence-electron chi connectivity index (χ2n) is 7.51. The van der Waals surface area contributed by atoms with Gasteiger partial charge in [-0.3, -0.25) is 4.79 Å². The van der Waals surface area contributed by atoms with Gasteiger partial charge in [0.25, 0.3) is 0 Å². The lowest BCUT2D eigenvalue weighted by Gasteiger charge is -2.30. The monoisotopic (exact) mass is 421 g/mol. The van der Waals surface area contributed by atoms with E-state index < -0.39 is 0 Å². The molecule has 0 radical (unpaired) electrons. The van der Waals surface area contributed by atoms with Crippen molar-refractivity contribution in [3.05, 3.63) is 71.3 Å². The Morgan fingerprint density at radius 3 is 2.77 bits per heavy atom. The summed E-state index contributed by atoms with van der Waals surface area (Å²) in [5, 5.41) is 2.61. The Kier molecular flexibility index (Phi) is 5.04. The highest BCUT2D eigenvalue weighted by Crippen LogP contribution is 2.30. The summed E-state index contributed by atoms with van der Waals surface area (Å²) in [6, 6.07) is 14.1. The van der Waals surface area contributed by atoms with Crippen molar-refractivity contribution in [3.63, 3.8) is 0 Å². The van der Waals surface area contributed by atoms with Crippen molar-refractivity contribution in [3.8, 4) is 10.6 Å². The molecule has 0 atom stereocenters. The van der Waals surface area contributed by atoms with E-state index >= 15 is 0 Å². The smallest absolute Gasteiger partial charge is 0.228 e. The lowest BCUT2D eigenvalue weighted by Crippen LogP contribution is -2.38. The van der Waals surface area contributed by atoms with E-state index in [0.717, 1.165) is 46.1 Å². The molecule has 0 saturated carbocycles. The topological polar surface area (TPSA) is 59.2 Å². The van der Waals surface area contributed by atoms with Crippen LogP contribution in [0.3, 0.4) is 0 Å². The van der Waals surface area contributed by atoms with Crippen molar-refractivity contribution < 1.29 is 13.6 Å². The molecule has 2 aromatic carbocycles. The standard InChI is InChI=1S/C23H20FN3O2S/c24-17-5-3-4-16(12-17)23-25-18(14-30-23)13-21(28)27-10-8-15(9-11-27)22-26-19-6-1-2-7-20(19)29-22/h1-7,12,14-15H,8-11,13H2. The molecule has 3 heterocycles. The summed E-state index contributed by atoms with van der Waals surface area (Å²) in [5.74, 6) is 0.784. The van der Waals surface area contributed by atoms with E-state index in [1.54, 1.807) is 6.07 Å². The fourth-order valence-corrected chi connectivity index (χ4v) is 4.67. The molecule has 4 aromatic rings. The number of rotatable bonds is 4. The van der Waals surface area contributed by atoms with Gasteiger partial charge in [0.15, 0.2) is 11.5 Å². The molecular formula is C23H20FN3O2S. The molecule has 1 aliphatic rings. The number of hydrogen-bond donors (Lipinski definition) is 0. The lowest BCUT2D eigenvalue weighted by molar-refractivity contribution is -0.131. The molecule has 0 aliphatic carbocycles. The fraction of sp³-hybridized carbons (Fsp3) is 0.261. The maximum atomic E-state index is 13.4. The number of aromatic nitrogens is 2. The van der Waals surface area contributed by atoms with Crippen LogP contribution in [-0.4, -0.2) is 33.9 Å². The molecule has 2 aromatic heterocycles. The van der Waals surface area contributed by atoms with E-state index in [1.807, 2.05) is 40.6 Å². The molecule has 0 unspecified atom stereocenters. The zero-order chi connectivity index (χ0) is 20.5. The van der Waals surface area contributed by atoms with E-state index in [4.69, 9.17) is 4.42 Å². The zero-order valence-corrected chi connectivity index (χ0v) is 17.1. The molecule has 0 spiro atoms. The average Bonchev–Trinajstić information content (AvgIpc) is 3.41. The summed E-state index contributed by atoms with van der Waals surface area (Å²) in [6.45, 7) is 1.37. The molecule has 0 N–H and O–H groups in total. The Hall–Kier alpha value is -3.06. The van der Waals surface area contributed by atoms with Gasteiger partial charge >= 0.3 is 0 Å². The molecule has 1 fully saturated rings. The Labute approximate surface area is 177 Å². The van der Waals surface area contributed by atoms with Gasteiger partial charge in [0.05, 0.1) is 12.1 Å².